The number of imidazole rings is 1. The summed E-state index contributed by atoms with van der Waals surface area (Å²) in [7, 11) is 0. The van der Waals surface area contributed by atoms with Crippen LogP contribution in [0.2, 0.25) is 0 Å². The van der Waals surface area contributed by atoms with Gasteiger partial charge in [0.25, 0.3) is 0 Å². The number of rotatable bonds is 5. The molecule has 0 aliphatic rings. The van der Waals surface area contributed by atoms with Crippen LogP contribution < -0.4 is 0 Å². The van der Waals surface area contributed by atoms with Gasteiger partial charge in [0, 0.05) is 17.5 Å². The average Bonchev–Trinajstić information content (AvgIpc) is 3.17. The third kappa shape index (κ3) is 4.65. The van der Waals surface area contributed by atoms with E-state index in [1.165, 1.54) is 17.2 Å². The monoisotopic (exact) mass is 416 g/mol. The summed E-state index contributed by atoms with van der Waals surface area (Å²) in [6.45, 7) is 6.66. The molecule has 30 heavy (non-hydrogen) atoms. The molecule has 152 valence electrons. The van der Waals surface area contributed by atoms with E-state index in [0.717, 1.165) is 27.9 Å². The van der Waals surface area contributed by atoms with Crippen LogP contribution in [-0.2, 0) is 11.2 Å². The summed E-state index contributed by atoms with van der Waals surface area (Å²) in [6.07, 6.45) is 1.98. The Hall–Kier alpha value is -2.85. The molecule has 4 aromatic rings. The van der Waals surface area contributed by atoms with E-state index >= 15 is 0 Å². The van der Waals surface area contributed by atoms with Crippen LogP contribution in [0.3, 0.4) is 0 Å². The molecule has 0 spiro atoms. The van der Waals surface area contributed by atoms with Crippen molar-refractivity contribution >= 4 is 11.8 Å². The van der Waals surface area contributed by atoms with Gasteiger partial charge in [0.2, 0.25) is 0 Å². The molecule has 0 saturated carbocycles. The smallest absolute Gasteiger partial charge is 0.173 e. The summed E-state index contributed by atoms with van der Waals surface area (Å²) < 4.78 is 15.8. The molecule has 0 aliphatic heterocycles. The SMILES string of the molecule is CC(C)(C)c1ccc(CSc2nc(-c3ccccc3)cn2-c2cccc(F)c2)cc1. The summed E-state index contributed by atoms with van der Waals surface area (Å²) in [5.41, 5.74) is 5.40. The fourth-order valence-electron chi connectivity index (χ4n) is 3.27. The Morgan fingerprint density at radius 3 is 2.30 bits per heavy atom. The fourth-order valence-corrected chi connectivity index (χ4v) is 4.22. The topological polar surface area (TPSA) is 17.8 Å². The minimum Gasteiger partial charge on any atom is -0.294 e. The van der Waals surface area contributed by atoms with Crippen molar-refractivity contribution in [3.63, 3.8) is 0 Å². The molecule has 1 heterocycles. The van der Waals surface area contributed by atoms with Gasteiger partial charge in [-0.1, -0.05) is 93.2 Å². The van der Waals surface area contributed by atoms with Gasteiger partial charge in [0.05, 0.1) is 11.4 Å². The Balaban J connectivity index is 1.63. The summed E-state index contributed by atoms with van der Waals surface area (Å²) in [6, 6.07) is 25.5. The minimum atomic E-state index is -0.254. The first-order chi connectivity index (χ1) is 14.4. The van der Waals surface area contributed by atoms with Crippen LogP contribution in [0.15, 0.2) is 90.2 Å². The van der Waals surface area contributed by atoms with E-state index < -0.39 is 0 Å². The molecular formula is C26H25FN2S. The van der Waals surface area contributed by atoms with Gasteiger partial charge < -0.3 is 0 Å². The van der Waals surface area contributed by atoms with Crippen molar-refractivity contribution in [1.82, 2.24) is 9.55 Å². The highest BCUT2D eigenvalue weighted by molar-refractivity contribution is 7.98. The first-order valence-corrected chi connectivity index (χ1v) is 11.0. The quantitative estimate of drug-likeness (QED) is 0.318. The summed E-state index contributed by atoms with van der Waals surface area (Å²) in [5, 5.41) is 0.847. The lowest BCUT2D eigenvalue weighted by molar-refractivity contribution is 0.590. The molecule has 4 rings (SSSR count). The lowest BCUT2D eigenvalue weighted by atomic mass is 9.87. The molecular weight excluding hydrogens is 391 g/mol. The largest absolute Gasteiger partial charge is 0.294 e. The molecule has 0 radical (unpaired) electrons. The highest BCUT2D eigenvalue weighted by atomic mass is 32.2. The van der Waals surface area contributed by atoms with Crippen LogP contribution in [0.5, 0.6) is 0 Å². The average molecular weight is 417 g/mol. The van der Waals surface area contributed by atoms with Gasteiger partial charge in [0.15, 0.2) is 5.16 Å². The first kappa shape index (κ1) is 20.4. The van der Waals surface area contributed by atoms with Crippen LogP contribution in [0.25, 0.3) is 16.9 Å². The Morgan fingerprint density at radius 1 is 0.900 bits per heavy atom. The van der Waals surface area contributed by atoms with Crippen molar-refractivity contribution in [3.05, 3.63) is 102 Å². The molecule has 0 atom stereocenters. The fraction of sp³-hybridized carbons (Fsp3) is 0.192. The Morgan fingerprint density at radius 2 is 1.63 bits per heavy atom. The molecule has 0 saturated heterocycles. The summed E-state index contributed by atoms with van der Waals surface area (Å²) >= 11 is 1.66. The molecule has 0 bridgehead atoms. The molecule has 0 amide bonds. The Bertz CT molecular complexity index is 1130. The maximum atomic E-state index is 13.9. The van der Waals surface area contributed by atoms with E-state index in [9.17, 15) is 4.39 Å². The summed E-state index contributed by atoms with van der Waals surface area (Å²) in [4.78, 5) is 4.86. The number of thioether (sulfide) groups is 1. The van der Waals surface area contributed by atoms with E-state index in [2.05, 4.69) is 45.0 Å². The molecule has 0 aliphatic carbocycles. The van der Waals surface area contributed by atoms with Gasteiger partial charge in [-0.2, -0.15) is 0 Å². The van der Waals surface area contributed by atoms with Crippen LogP contribution in [0, 0.1) is 5.82 Å². The van der Waals surface area contributed by atoms with Crippen molar-refractivity contribution in [2.75, 3.05) is 0 Å². The van der Waals surface area contributed by atoms with E-state index in [0.29, 0.717) is 0 Å². The number of benzene rings is 3. The van der Waals surface area contributed by atoms with Crippen LogP contribution >= 0.6 is 11.8 Å². The third-order valence-corrected chi connectivity index (χ3v) is 6.04. The predicted molar refractivity (Wildman–Crippen MR) is 124 cm³/mol. The zero-order chi connectivity index (χ0) is 21.1. The number of hydrogen-bond acceptors (Lipinski definition) is 2. The minimum absolute atomic E-state index is 0.143. The normalized spacial score (nSPS) is 11.6. The Kier molecular flexibility index (Phi) is 5.78. The van der Waals surface area contributed by atoms with Gasteiger partial charge in [0.1, 0.15) is 5.82 Å². The number of nitrogens with zero attached hydrogens (tertiary/aromatic N) is 2. The summed E-state index contributed by atoms with van der Waals surface area (Å²) in [5.74, 6) is 0.543. The van der Waals surface area contributed by atoms with Crippen molar-refractivity contribution < 1.29 is 4.39 Å². The third-order valence-electron chi connectivity index (χ3n) is 5.02. The zero-order valence-corrected chi connectivity index (χ0v) is 18.3. The number of aromatic nitrogens is 2. The van der Waals surface area contributed by atoms with Gasteiger partial charge in [-0.05, 0) is 34.7 Å². The lowest BCUT2D eigenvalue weighted by Gasteiger charge is -2.19. The molecule has 0 fully saturated rings. The molecule has 3 aromatic carbocycles. The predicted octanol–water partition coefficient (Wildman–Crippen LogP) is 7.27. The van der Waals surface area contributed by atoms with Crippen LogP contribution in [-0.4, -0.2) is 9.55 Å². The van der Waals surface area contributed by atoms with E-state index in [4.69, 9.17) is 4.98 Å². The Labute approximate surface area is 181 Å². The van der Waals surface area contributed by atoms with Crippen LogP contribution in [0.1, 0.15) is 31.9 Å². The molecule has 0 N–H and O–H groups in total. The van der Waals surface area contributed by atoms with Gasteiger partial charge >= 0.3 is 0 Å². The highest BCUT2D eigenvalue weighted by Crippen LogP contribution is 2.30. The highest BCUT2D eigenvalue weighted by Gasteiger charge is 2.15. The van der Waals surface area contributed by atoms with Crippen molar-refractivity contribution in [2.24, 2.45) is 0 Å². The van der Waals surface area contributed by atoms with Gasteiger partial charge in [-0.15, -0.1) is 0 Å². The molecule has 4 heteroatoms. The molecule has 1 aromatic heterocycles. The first-order valence-electron chi connectivity index (χ1n) is 10.0. The zero-order valence-electron chi connectivity index (χ0n) is 17.5. The number of halogens is 1. The van der Waals surface area contributed by atoms with Gasteiger partial charge in [-0.3, -0.25) is 4.57 Å². The molecule has 0 unspecified atom stereocenters. The maximum absolute atomic E-state index is 13.9. The second-order valence-electron chi connectivity index (χ2n) is 8.36. The molecule has 2 nitrogen and oxygen atoms in total. The lowest BCUT2D eigenvalue weighted by Crippen LogP contribution is -2.10. The van der Waals surface area contributed by atoms with E-state index in [1.807, 2.05) is 47.2 Å². The van der Waals surface area contributed by atoms with E-state index in [-0.39, 0.29) is 11.2 Å². The van der Waals surface area contributed by atoms with Crippen molar-refractivity contribution in [2.45, 2.75) is 37.1 Å². The second kappa shape index (κ2) is 8.49. The van der Waals surface area contributed by atoms with Crippen molar-refractivity contribution in [3.8, 4) is 16.9 Å². The number of hydrogen-bond donors (Lipinski definition) is 0. The van der Waals surface area contributed by atoms with Gasteiger partial charge in [-0.25, -0.2) is 9.37 Å². The van der Waals surface area contributed by atoms with Crippen molar-refractivity contribution in [1.29, 1.82) is 0 Å². The maximum Gasteiger partial charge on any atom is 0.173 e. The second-order valence-corrected chi connectivity index (χ2v) is 9.30. The van der Waals surface area contributed by atoms with E-state index in [1.54, 1.807) is 23.9 Å². The standard InChI is InChI=1S/C26H25FN2S/c1-26(2,3)21-14-12-19(13-15-21)18-30-25-28-24(20-8-5-4-6-9-20)17-29(25)23-11-7-10-22(27)16-23/h4-17H,18H2,1-3H3. The van der Waals surface area contributed by atoms with Crippen LogP contribution in [0.4, 0.5) is 4.39 Å².